The molecule has 2 heteroatoms. The van der Waals surface area contributed by atoms with Crippen LogP contribution in [0, 0.1) is 0 Å². The molecular formula is C42H38N2. The van der Waals surface area contributed by atoms with Crippen LogP contribution in [0.4, 0.5) is 5.69 Å². The summed E-state index contributed by atoms with van der Waals surface area (Å²) in [4.78, 5) is 5.44. The predicted octanol–water partition coefficient (Wildman–Crippen LogP) is 11.7. The van der Waals surface area contributed by atoms with Gasteiger partial charge in [-0.05, 0) is 79.0 Å². The van der Waals surface area contributed by atoms with Crippen LogP contribution in [0.1, 0.15) is 68.0 Å². The highest BCUT2D eigenvalue weighted by Gasteiger charge is 2.24. The number of nitrogens with one attached hydrogen (secondary N) is 1. The van der Waals surface area contributed by atoms with Crippen LogP contribution in [-0.2, 0) is 0 Å². The molecule has 0 spiro atoms. The molecule has 0 saturated heterocycles. The summed E-state index contributed by atoms with van der Waals surface area (Å²) in [7, 11) is 0. The Bertz CT molecular complexity index is 2090. The fourth-order valence-electron chi connectivity index (χ4n) is 6.71. The smallest absolute Gasteiger partial charge is 0.0946 e. The first kappa shape index (κ1) is 27.9. The van der Waals surface area contributed by atoms with E-state index in [1.54, 1.807) is 0 Å². The average molecular weight is 571 g/mol. The van der Waals surface area contributed by atoms with E-state index in [1.165, 1.54) is 54.7 Å². The Morgan fingerprint density at radius 2 is 1.05 bits per heavy atom. The van der Waals surface area contributed by atoms with Gasteiger partial charge in [-0.3, -0.25) is 4.98 Å². The summed E-state index contributed by atoms with van der Waals surface area (Å²) in [5.74, 6) is 0.750. The van der Waals surface area contributed by atoms with Gasteiger partial charge in [0.1, 0.15) is 0 Å². The van der Waals surface area contributed by atoms with Gasteiger partial charge in [-0.2, -0.15) is 0 Å². The Balaban J connectivity index is 1.49. The average Bonchev–Trinajstić information content (AvgIpc) is 3.06. The SMILES string of the molecule is CC(C)c1cccc(C(C)C)c1NC(c1cccc(-c2cccc3ccccc23)n1)c1cc2ccccc2c2ccccc12. The molecule has 0 amide bonds. The molecule has 1 aromatic heterocycles. The lowest BCUT2D eigenvalue weighted by atomic mass is 9.89. The lowest BCUT2D eigenvalue weighted by Gasteiger charge is -2.28. The van der Waals surface area contributed by atoms with Crippen LogP contribution in [-0.4, -0.2) is 4.98 Å². The topological polar surface area (TPSA) is 24.9 Å². The van der Waals surface area contributed by atoms with Gasteiger partial charge in [0.05, 0.1) is 17.4 Å². The quantitative estimate of drug-likeness (QED) is 0.193. The van der Waals surface area contributed by atoms with Gasteiger partial charge in [0.25, 0.3) is 0 Å². The van der Waals surface area contributed by atoms with Gasteiger partial charge in [0.15, 0.2) is 0 Å². The van der Waals surface area contributed by atoms with Gasteiger partial charge in [-0.25, -0.2) is 0 Å². The molecule has 0 aliphatic rings. The molecule has 1 atom stereocenters. The summed E-state index contributed by atoms with van der Waals surface area (Å²) in [5, 5.41) is 11.6. The summed E-state index contributed by atoms with van der Waals surface area (Å²) >= 11 is 0. The maximum Gasteiger partial charge on any atom is 0.0946 e. The Labute approximate surface area is 260 Å². The molecule has 6 aromatic carbocycles. The van der Waals surface area contributed by atoms with Gasteiger partial charge in [0, 0.05) is 11.3 Å². The minimum Gasteiger partial charge on any atom is -0.372 e. The number of hydrogen-bond donors (Lipinski definition) is 1. The van der Waals surface area contributed by atoms with E-state index < -0.39 is 0 Å². The minimum atomic E-state index is -0.170. The summed E-state index contributed by atoms with van der Waals surface area (Å²) in [5.41, 5.74) is 8.25. The zero-order valence-corrected chi connectivity index (χ0v) is 25.9. The summed E-state index contributed by atoms with van der Waals surface area (Å²) in [6.45, 7) is 9.13. The third-order valence-electron chi connectivity index (χ3n) is 8.90. The lowest BCUT2D eigenvalue weighted by molar-refractivity contribution is 0.816. The second-order valence-corrected chi connectivity index (χ2v) is 12.4. The number of benzene rings is 6. The van der Waals surface area contributed by atoms with E-state index in [-0.39, 0.29) is 6.04 Å². The number of hydrogen-bond acceptors (Lipinski definition) is 2. The zero-order chi connectivity index (χ0) is 30.2. The number of para-hydroxylation sites is 1. The molecule has 1 heterocycles. The second-order valence-electron chi connectivity index (χ2n) is 12.4. The van der Waals surface area contributed by atoms with Crippen molar-refractivity contribution in [3.8, 4) is 11.3 Å². The predicted molar refractivity (Wildman–Crippen MR) is 189 cm³/mol. The van der Waals surface area contributed by atoms with Gasteiger partial charge < -0.3 is 5.32 Å². The van der Waals surface area contributed by atoms with Gasteiger partial charge in [-0.15, -0.1) is 0 Å². The number of aromatic nitrogens is 1. The van der Waals surface area contributed by atoms with Crippen molar-refractivity contribution in [1.82, 2.24) is 4.98 Å². The fourth-order valence-corrected chi connectivity index (χ4v) is 6.71. The summed E-state index contributed by atoms with van der Waals surface area (Å²) in [6.07, 6.45) is 0. The first-order valence-corrected chi connectivity index (χ1v) is 15.7. The van der Waals surface area contributed by atoms with Crippen molar-refractivity contribution >= 4 is 38.0 Å². The van der Waals surface area contributed by atoms with Crippen molar-refractivity contribution in [3.63, 3.8) is 0 Å². The van der Waals surface area contributed by atoms with E-state index in [4.69, 9.17) is 4.98 Å². The number of nitrogens with zero attached hydrogens (tertiary/aromatic N) is 1. The molecule has 0 saturated carbocycles. The number of rotatable bonds is 7. The molecule has 0 bridgehead atoms. The maximum atomic E-state index is 5.44. The molecule has 0 radical (unpaired) electrons. The van der Waals surface area contributed by atoms with E-state index in [2.05, 4.69) is 166 Å². The lowest BCUT2D eigenvalue weighted by Crippen LogP contribution is -2.18. The van der Waals surface area contributed by atoms with Crippen LogP contribution in [0.25, 0.3) is 43.6 Å². The van der Waals surface area contributed by atoms with Crippen molar-refractivity contribution < 1.29 is 0 Å². The first-order valence-electron chi connectivity index (χ1n) is 15.7. The number of anilines is 1. The third kappa shape index (κ3) is 5.01. The van der Waals surface area contributed by atoms with Crippen LogP contribution in [0.3, 0.4) is 0 Å². The number of pyridine rings is 1. The Morgan fingerprint density at radius 3 is 1.77 bits per heavy atom. The van der Waals surface area contributed by atoms with E-state index in [0.29, 0.717) is 11.8 Å². The second kappa shape index (κ2) is 11.6. The van der Waals surface area contributed by atoms with Crippen molar-refractivity contribution in [2.24, 2.45) is 0 Å². The Hall–Kier alpha value is -4.95. The molecule has 7 rings (SSSR count). The van der Waals surface area contributed by atoms with Crippen molar-refractivity contribution in [3.05, 3.63) is 156 Å². The van der Waals surface area contributed by atoms with Crippen molar-refractivity contribution in [2.45, 2.75) is 45.6 Å². The molecule has 7 aromatic rings. The van der Waals surface area contributed by atoms with Crippen LogP contribution in [0.15, 0.2) is 133 Å². The molecule has 44 heavy (non-hydrogen) atoms. The highest BCUT2D eigenvalue weighted by Crippen LogP contribution is 2.40. The van der Waals surface area contributed by atoms with Gasteiger partial charge in [-0.1, -0.05) is 143 Å². The van der Waals surface area contributed by atoms with Crippen molar-refractivity contribution in [2.75, 3.05) is 5.32 Å². The van der Waals surface area contributed by atoms with Crippen LogP contribution in [0.2, 0.25) is 0 Å². The van der Waals surface area contributed by atoms with Crippen LogP contribution >= 0.6 is 0 Å². The fraction of sp³-hybridized carbons (Fsp3) is 0.167. The van der Waals surface area contributed by atoms with Crippen LogP contribution in [0.5, 0.6) is 0 Å². The van der Waals surface area contributed by atoms with E-state index in [0.717, 1.165) is 17.0 Å². The number of fused-ring (bicyclic) bond motifs is 4. The first-order chi connectivity index (χ1) is 21.5. The van der Waals surface area contributed by atoms with Crippen molar-refractivity contribution in [1.29, 1.82) is 0 Å². The molecule has 0 aliphatic carbocycles. The van der Waals surface area contributed by atoms with E-state index in [1.807, 2.05) is 0 Å². The van der Waals surface area contributed by atoms with E-state index >= 15 is 0 Å². The molecule has 0 fully saturated rings. The zero-order valence-electron chi connectivity index (χ0n) is 25.9. The largest absolute Gasteiger partial charge is 0.372 e. The molecule has 1 N–H and O–H groups in total. The molecular weight excluding hydrogens is 532 g/mol. The molecule has 216 valence electrons. The monoisotopic (exact) mass is 570 g/mol. The van der Waals surface area contributed by atoms with Crippen LogP contribution < -0.4 is 5.32 Å². The summed E-state index contributed by atoms with van der Waals surface area (Å²) < 4.78 is 0. The van der Waals surface area contributed by atoms with E-state index in [9.17, 15) is 0 Å². The summed E-state index contributed by atoms with van der Waals surface area (Å²) in [6, 6.07) is 48.0. The minimum absolute atomic E-state index is 0.170. The normalized spacial score (nSPS) is 12.4. The Morgan fingerprint density at radius 1 is 0.477 bits per heavy atom. The van der Waals surface area contributed by atoms with Gasteiger partial charge in [0.2, 0.25) is 0 Å². The molecule has 2 nitrogen and oxygen atoms in total. The molecule has 1 unspecified atom stereocenters. The Kier molecular flexibility index (Phi) is 7.36. The third-order valence-corrected chi connectivity index (χ3v) is 8.90. The maximum absolute atomic E-state index is 5.44. The molecule has 0 aliphatic heterocycles. The highest BCUT2D eigenvalue weighted by molar-refractivity contribution is 6.09. The standard InChI is InChI=1S/C42H38N2/c1-27(2)31-21-12-22-32(28(3)4)41(31)44-42(38-26-30-15-6-8-18-34(30)35-19-9-10-20-36(35)38)40-25-13-24-39(43-40)37-23-11-16-29-14-5-7-17-33(29)37/h5-28,42,44H,1-4H3. The highest BCUT2D eigenvalue weighted by atomic mass is 15.0. The van der Waals surface area contributed by atoms with Gasteiger partial charge >= 0.3 is 0 Å².